The van der Waals surface area contributed by atoms with Crippen molar-refractivity contribution in [2.75, 3.05) is 18.1 Å². The van der Waals surface area contributed by atoms with Gasteiger partial charge in [0.25, 0.3) is 0 Å². The van der Waals surface area contributed by atoms with E-state index in [1.54, 1.807) is 0 Å². The predicted octanol–water partition coefficient (Wildman–Crippen LogP) is 1.20. The van der Waals surface area contributed by atoms with Crippen LogP contribution in [0.15, 0.2) is 0 Å². The van der Waals surface area contributed by atoms with Crippen LogP contribution < -0.4 is 5.32 Å². The molecule has 0 aromatic heterocycles. The zero-order valence-corrected chi connectivity index (χ0v) is 10.2. The molecule has 2 aliphatic rings. The van der Waals surface area contributed by atoms with Crippen LogP contribution in [-0.4, -0.2) is 32.5 Å². The molecule has 2 rings (SSSR count). The van der Waals surface area contributed by atoms with Crippen LogP contribution in [0, 0.1) is 11.8 Å². The van der Waals surface area contributed by atoms with E-state index in [1.165, 1.54) is 19.3 Å². The SMILES string of the molecule is CC(CC1CC1)NCC1CCS(=O)(=O)C1. The second-order valence-electron chi connectivity index (χ2n) is 5.26. The summed E-state index contributed by atoms with van der Waals surface area (Å²) in [5.74, 6) is 2.10. The fraction of sp³-hybridized carbons (Fsp3) is 1.00. The summed E-state index contributed by atoms with van der Waals surface area (Å²) in [5.41, 5.74) is 0. The van der Waals surface area contributed by atoms with Crippen molar-refractivity contribution in [1.29, 1.82) is 0 Å². The molecule has 1 aliphatic carbocycles. The average molecular weight is 231 g/mol. The van der Waals surface area contributed by atoms with Crippen LogP contribution in [0.5, 0.6) is 0 Å². The van der Waals surface area contributed by atoms with Gasteiger partial charge in [-0.15, -0.1) is 0 Å². The van der Waals surface area contributed by atoms with Gasteiger partial charge in [-0.3, -0.25) is 0 Å². The molecular weight excluding hydrogens is 210 g/mol. The molecule has 0 aromatic rings. The summed E-state index contributed by atoms with van der Waals surface area (Å²) in [6.45, 7) is 3.09. The lowest BCUT2D eigenvalue weighted by atomic mass is 10.1. The van der Waals surface area contributed by atoms with E-state index in [-0.39, 0.29) is 0 Å². The van der Waals surface area contributed by atoms with Crippen molar-refractivity contribution in [2.24, 2.45) is 11.8 Å². The zero-order chi connectivity index (χ0) is 10.9. The van der Waals surface area contributed by atoms with Crippen molar-refractivity contribution >= 4 is 9.84 Å². The number of rotatable bonds is 5. The standard InChI is InChI=1S/C11H21NO2S/c1-9(6-10-2-3-10)12-7-11-4-5-15(13,14)8-11/h9-12H,2-8H2,1H3. The minimum Gasteiger partial charge on any atom is -0.314 e. The molecule has 0 bridgehead atoms. The lowest BCUT2D eigenvalue weighted by Gasteiger charge is -2.15. The van der Waals surface area contributed by atoms with E-state index < -0.39 is 9.84 Å². The summed E-state index contributed by atoms with van der Waals surface area (Å²) in [5, 5.41) is 3.47. The summed E-state index contributed by atoms with van der Waals surface area (Å²) in [7, 11) is -2.69. The van der Waals surface area contributed by atoms with Gasteiger partial charge in [0.1, 0.15) is 0 Å². The molecule has 0 amide bonds. The molecule has 2 fully saturated rings. The molecule has 1 N–H and O–H groups in total. The summed E-state index contributed by atoms with van der Waals surface area (Å²) < 4.78 is 22.5. The van der Waals surface area contributed by atoms with Crippen molar-refractivity contribution in [3.05, 3.63) is 0 Å². The normalized spacial score (nSPS) is 31.7. The molecule has 15 heavy (non-hydrogen) atoms. The first-order valence-corrected chi connectivity index (χ1v) is 7.81. The number of sulfone groups is 1. The van der Waals surface area contributed by atoms with Gasteiger partial charge in [0.2, 0.25) is 0 Å². The monoisotopic (exact) mass is 231 g/mol. The Bertz CT molecular complexity index is 309. The summed E-state index contributed by atoms with van der Waals surface area (Å²) in [6, 6.07) is 0.556. The second kappa shape index (κ2) is 4.42. The minimum atomic E-state index is -2.69. The van der Waals surface area contributed by atoms with Crippen LogP contribution in [-0.2, 0) is 9.84 Å². The summed E-state index contributed by atoms with van der Waals surface area (Å²) >= 11 is 0. The van der Waals surface area contributed by atoms with Crippen LogP contribution in [0.4, 0.5) is 0 Å². The fourth-order valence-corrected chi connectivity index (χ4v) is 4.20. The Balaban J connectivity index is 1.65. The van der Waals surface area contributed by atoms with E-state index in [0.717, 1.165) is 18.9 Å². The van der Waals surface area contributed by atoms with Crippen molar-refractivity contribution in [2.45, 2.75) is 38.6 Å². The fourth-order valence-electron chi connectivity index (χ4n) is 2.34. The van der Waals surface area contributed by atoms with Crippen molar-refractivity contribution in [3.8, 4) is 0 Å². The third kappa shape index (κ3) is 3.76. The highest BCUT2D eigenvalue weighted by Crippen LogP contribution is 2.33. The molecule has 88 valence electrons. The van der Waals surface area contributed by atoms with E-state index >= 15 is 0 Å². The van der Waals surface area contributed by atoms with E-state index in [9.17, 15) is 8.42 Å². The first-order chi connectivity index (χ1) is 7.05. The highest BCUT2D eigenvalue weighted by molar-refractivity contribution is 7.91. The lowest BCUT2D eigenvalue weighted by Crippen LogP contribution is -2.32. The zero-order valence-electron chi connectivity index (χ0n) is 9.41. The van der Waals surface area contributed by atoms with Crippen LogP contribution in [0.3, 0.4) is 0 Å². The topological polar surface area (TPSA) is 46.2 Å². The number of hydrogen-bond donors (Lipinski definition) is 1. The minimum absolute atomic E-state index is 0.358. The molecule has 0 radical (unpaired) electrons. The van der Waals surface area contributed by atoms with Gasteiger partial charge in [-0.25, -0.2) is 8.42 Å². The van der Waals surface area contributed by atoms with Gasteiger partial charge >= 0.3 is 0 Å². The van der Waals surface area contributed by atoms with Gasteiger partial charge in [-0.05, 0) is 38.1 Å². The Labute approximate surface area is 92.6 Å². The van der Waals surface area contributed by atoms with E-state index in [1.807, 2.05) is 0 Å². The third-order valence-corrected chi connectivity index (χ3v) is 5.30. The van der Waals surface area contributed by atoms with Gasteiger partial charge in [0.05, 0.1) is 11.5 Å². The van der Waals surface area contributed by atoms with Gasteiger partial charge in [-0.1, -0.05) is 12.8 Å². The molecule has 1 heterocycles. The van der Waals surface area contributed by atoms with Gasteiger partial charge in [-0.2, -0.15) is 0 Å². The van der Waals surface area contributed by atoms with Crippen molar-refractivity contribution in [1.82, 2.24) is 5.32 Å². The molecule has 1 saturated heterocycles. The first kappa shape index (κ1) is 11.4. The van der Waals surface area contributed by atoms with Crippen molar-refractivity contribution in [3.63, 3.8) is 0 Å². The molecule has 0 aromatic carbocycles. The average Bonchev–Trinajstić information content (AvgIpc) is 2.87. The second-order valence-corrected chi connectivity index (χ2v) is 7.49. The highest BCUT2D eigenvalue weighted by Gasteiger charge is 2.28. The number of nitrogens with one attached hydrogen (secondary N) is 1. The Morgan fingerprint density at radius 2 is 2.00 bits per heavy atom. The first-order valence-electron chi connectivity index (χ1n) is 5.99. The lowest BCUT2D eigenvalue weighted by molar-refractivity contribution is 0.436. The van der Waals surface area contributed by atoms with Crippen LogP contribution in [0.1, 0.15) is 32.6 Å². The summed E-state index contributed by atoms with van der Waals surface area (Å²) in [6.07, 6.45) is 4.90. The quantitative estimate of drug-likeness (QED) is 0.773. The maximum atomic E-state index is 11.2. The van der Waals surface area contributed by atoms with Crippen molar-refractivity contribution < 1.29 is 8.42 Å². The third-order valence-electron chi connectivity index (χ3n) is 3.47. The predicted molar refractivity (Wildman–Crippen MR) is 61.6 cm³/mol. The van der Waals surface area contributed by atoms with Gasteiger partial charge in [0, 0.05) is 6.04 Å². The maximum absolute atomic E-state index is 11.2. The molecule has 1 saturated carbocycles. The van der Waals surface area contributed by atoms with E-state index in [2.05, 4.69) is 12.2 Å². The smallest absolute Gasteiger partial charge is 0.150 e. The Morgan fingerprint density at radius 3 is 2.53 bits per heavy atom. The molecule has 4 heteroatoms. The highest BCUT2D eigenvalue weighted by atomic mass is 32.2. The van der Waals surface area contributed by atoms with Gasteiger partial charge < -0.3 is 5.32 Å². The van der Waals surface area contributed by atoms with E-state index in [0.29, 0.717) is 23.5 Å². The van der Waals surface area contributed by atoms with E-state index in [4.69, 9.17) is 0 Å². The molecule has 2 atom stereocenters. The van der Waals surface area contributed by atoms with Gasteiger partial charge in [0.15, 0.2) is 9.84 Å². The Hall–Kier alpha value is -0.0900. The summed E-state index contributed by atoms with van der Waals surface area (Å²) in [4.78, 5) is 0. The largest absolute Gasteiger partial charge is 0.314 e. The van der Waals surface area contributed by atoms with Crippen LogP contribution in [0.2, 0.25) is 0 Å². The molecule has 3 nitrogen and oxygen atoms in total. The molecular formula is C11H21NO2S. The van der Waals surface area contributed by atoms with Crippen LogP contribution in [0.25, 0.3) is 0 Å². The molecule has 0 spiro atoms. The number of hydrogen-bond acceptors (Lipinski definition) is 3. The Morgan fingerprint density at radius 1 is 1.27 bits per heavy atom. The maximum Gasteiger partial charge on any atom is 0.150 e. The Kier molecular flexibility index (Phi) is 3.36. The van der Waals surface area contributed by atoms with Crippen LogP contribution >= 0.6 is 0 Å². The molecule has 2 unspecified atom stereocenters. The molecule has 1 aliphatic heterocycles.